The number of rotatable bonds is 5. The van der Waals surface area contributed by atoms with Crippen LogP contribution in [0, 0.1) is 6.92 Å². The largest absolute Gasteiger partial charge is 0.488 e. The van der Waals surface area contributed by atoms with E-state index >= 15 is 0 Å². The third kappa shape index (κ3) is 4.03. The predicted molar refractivity (Wildman–Crippen MR) is 99.2 cm³/mol. The molecule has 1 aromatic heterocycles. The number of aliphatic hydroxyl groups excluding tert-OH is 1. The number of nitrogens with zero attached hydrogens (tertiary/aromatic N) is 2. The van der Waals surface area contributed by atoms with Gasteiger partial charge in [-0.25, -0.2) is 0 Å². The van der Waals surface area contributed by atoms with Gasteiger partial charge in [0.1, 0.15) is 18.0 Å². The lowest BCUT2D eigenvalue weighted by molar-refractivity contribution is 0.0210. The fourth-order valence-corrected chi connectivity index (χ4v) is 3.52. The fourth-order valence-electron chi connectivity index (χ4n) is 3.52. The van der Waals surface area contributed by atoms with Crippen LogP contribution in [0.25, 0.3) is 0 Å². The molecule has 1 heterocycles. The summed E-state index contributed by atoms with van der Waals surface area (Å²) in [6.07, 6.45) is 2.71. The Morgan fingerprint density at radius 3 is 2.65 bits per heavy atom. The van der Waals surface area contributed by atoms with Crippen molar-refractivity contribution in [3.05, 3.63) is 59.9 Å². The lowest BCUT2D eigenvalue weighted by Gasteiger charge is -2.29. The molecule has 1 aliphatic carbocycles. The van der Waals surface area contributed by atoms with E-state index in [1.807, 2.05) is 56.3 Å². The molecule has 0 spiro atoms. The highest BCUT2D eigenvalue weighted by Crippen LogP contribution is 2.28. The van der Waals surface area contributed by atoms with Crippen molar-refractivity contribution in [1.29, 1.82) is 0 Å². The van der Waals surface area contributed by atoms with Crippen LogP contribution >= 0.6 is 0 Å². The second-order valence-electron chi connectivity index (χ2n) is 6.98. The molecule has 6 heteroatoms. The van der Waals surface area contributed by atoms with Crippen molar-refractivity contribution in [2.24, 2.45) is 0 Å². The van der Waals surface area contributed by atoms with Crippen LogP contribution in [0.3, 0.4) is 0 Å². The Hall–Kier alpha value is -2.44. The molecule has 1 saturated carbocycles. The maximum Gasteiger partial charge on any atom is 0.253 e. The number of likely N-dealkylation sites (N-methyl/N-ethyl adjacent to an activating group) is 1. The molecule has 0 aliphatic heterocycles. The standard InChI is InChI=1S/C20H25N3O3/c1-13-9-14(12-21-11-13)20(25)22-16-10-17(19(24)18(16)23(2)3)26-15-7-5-4-6-8-15/h4-9,11-12,16-19,24H,10H2,1-3H3,(H,22,25)/t16-,17-,18+,19+/m1/s1. The Balaban J connectivity index is 1.73. The van der Waals surface area contributed by atoms with Crippen molar-refractivity contribution in [3.8, 4) is 5.75 Å². The molecule has 2 N–H and O–H groups in total. The summed E-state index contributed by atoms with van der Waals surface area (Å²) in [5.74, 6) is 0.523. The van der Waals surface area contributed by atoms with E-state index in [0.717, 1.165) is 5.56 Å². The summed E-state index contributed by atoms with van der Waals surface area (Å²) >= 11 is 0. The van der Waals surface area contributed by atoms with Gasteiger partial charge in [-0.05, 0) is 44.8 Å². The van der Waals surface area contributed by atoms with E-state index in [0.29, 0.717) is 17.7 Å². The molecule has 4 atom stereocenters. The van der Waals surface area contributed by atoms with E-state index in [9.17, 15) is 9.90 Å². The molecular formula is C20H25N3O3. The van der Waals surface area contributed by atoms with Gasteiger partial charge in [0.15, 0.2) is 0 Å². The highest BCUT2D eigenvalue weighted by molar-refractivity contribution is 5.94. The Morgan fingerprint density at radius 1 is 1.27 bits per heavy atom. The normalized spacial score (nSPS) is 25.3. The summed E-state index contributed by atoms with van der Waals surface area (Å²) in [5.41, 5.74) is 1.45. The van der Waals surface area contributed by atoms with Gasteiger partial charge in [0.05, 0.1) is 17.6 Å². The number of ether oxygens (including phenoxy) is 1. The van der Waals surface area contributed by atoms with Crippen LogP contribution in [-0.4, -0.2) is 59.3 Å². The molecule has 1 aliphatic rings. The number of hydrogen-bond donors (Lipinski definition) is 2. The molecule has 6 nitrogen and oxygen atoms in total. The average molecular weight is 355 g/mol. The highest BCUT2D eigenvalue weighted by Gasteiger charge is 2.45. The Bertz CT molecular complexity index is 751. The van der Waals surface area contributed by atoms with E-state index < -0.39 is 6.10 Å². The first-order valence-corrected chi connectivity index (χ1v) is 8.74. The number of aromatic nitrogens is 1. The van der Waals surface area contributed by atoms with Gasteiger partial charge in [-0.3, -0.25) is 9.78 Å². The van der Waals surface area contributed by atoms with E-state index in [4.69, 9.17) is 4.74 Å². The lowest BCUT2D eigenvalue weighted by Crippen LogP contribution is -2.50. The zero-order valence-corrected chi connectivity index (χ0v) is 15.3. The number of hydrogen-bond acceptors (Lipinski definition) is 5. The zero-order chi connectivity index (χ0) is 18.7. The molecule has 26 heavy (non-hydrogen) atoms. The van der Waals surface area contributed by atoms with Crippen LogP contribution in [0.15, 0.2) is 48.8 Å². The molecule has 0 bridgehead atoms. The van der Waals surface area contributed by atoms with Gasteiger partial charge in [-0.2, -0.15) is 0 Å². The first-order chi connectivity index (χ1) is 12.5. The molecule has 2 aromatic rings. The van der Waals surface area contributed by atoms with Crippen LogP contribution in [-0.2, 0) is 0 Å². The first-order valence-electron chi connectivity index (χ1n) is 8.74. The minimum absolute atomic E-state index is 0.189. The lowest BCUT2D eigenvalue weighted by atomic mass is 10.1. The van der Waals surface area contributed by atoms with Crippen LogP contribution in [0.2, 0.25) is 0 Å². The van der Waals surface area contributed by atoms with Crippen LogP contribution in [0.5, 0.6) is 5.75 Å². The number of nitrogens with one attached hydrogen (secondary N) is 1. The number of carbonyl (C=O) groups is 1. The molecule has 138 valence electrons. The predicted octanol–water partition coefficient (Wildman–Crippen LogP) is 1.63. The van der Waals surface area contributed by atoms with Gasteiger partial charge in [0.2, 0.25) is 0 Å². The molecule has 3 rings (SSSR count). The number of amides is 1. The summed E-state index contributed by atoms with van der Waals surface area (Å²) in [5, 5.41) is 13.8. The van der Waals surface area contributed by atoms with Crippen molar-refractivity contribution < 1.29 is 14.6 Å². The van der Waals surface area contributed by atoms with Crippen molar-refractivity contribution in [1.82, 2.24) is 15.2 Å². The van der Waals surface area contributed by atoms with Gasteiger partial charge in [0, 0.05) is 18.8 Å². The molecular weight excluding hydrogens is 330 g/mol. The molecule has 1 aromatic carbocycles. The third-order valence-corrected chi connectivity index (χ3v) is 4.71. The number of carbonyl (C=O) groups excluding carboxylic acids is 1. The van der Waals surface area contributed by atoms with E-state index in [1.165, 1.54) is 0 Å². The maximum atomic E-state index is 12.6. The summed E-state index contributed by atoms with van der Waals surface area (Å²) in [6, 6.07) is 10.8. The summed E-state index contributed by atoms with van der Waals surface area (Å²) < 4.78 is 5.96. The first kappa shape index (κ1) is 18.4. The van der Waals surface area contributed by atoms with Gasteiger partial charge in [0.25, 0.3) is 5.91 Å². The topological polar surface area (TPSA) is 74.7 Å². The number of para-hydroxylation sites is 1. The van der Waals surface area contributed by atoms with Crippen molar-refractivity contribution in [3.63, 3.8) is 0 Å². The number of pyridine rings is 1. The zero-order valence-electron chi connectivity index (χ0n) is 15.3. The molecule has 0 radical (unpaired) electrons. The number of aryl methyl sites for hydroxylation is 1. The molecule has 1 fully saturated rings. The van der Waals surface area contributed by atoms with Gasteiger partial charge < -0.3 is 20.1 Å². The smallest absolute Gasteiger partial charge is 0.253 e. The molecule has 0 saturated heterocycles. The Labute approximate surface area is 153 Å². The second kappa shape index (κ2) is 7.85. The average Bonchev–Trinajstić information content (AvgIpc) is 2.91. The Kier molecular flexibility index (Phi) is 5.54. The van der Waals surface area contributed by atoms with Crippen LogP contribution in [0.4, 0.5) is 0 Å². The Morgan fingerprint density at radius 2 is 2.00 bits per heavy atom. The number of aliphatic hydroxyl groups is 1. The van der Waals surface area contributed by atoms with E-state index in [1.54, 1.807) is 18.5 Å². The minimum Gasteiger partial charge on any atom is -0.488 e. The monoisotopic (exact) mass is 355 g/mol. The van der Waals surface area contributed by atoms with Crippen molar-refractivity contribution in [2.45, 2.75) is 37.6 Å². The van der Waals surface area contributed by atoms with Crippen molar-refractivity contribution >= 4 is 5.91 Å². The highest BCUT2D eigenvalue weighted by atomic mass is 16.5. The minimum atomic E-state index is -0.703. The molecule has 0 unspecified atom stereocenters. The van der Waals surface area contributed by atoms with Gasteiger partial charge in [-0.1, -0.05) is 18.2 Å². The van der Waals surface area contributed by atoms with E-state index in [-0.39, 0.29) is 24.1 Å². The quantitative estimate of drug-likeness (QED) is 0.853. The SMILES string of the molecule is Cc1cncc(C(=O)N[C@@H]2C[C@@H](Oc3ccccc3)[C@H](O)[C@H]2N(C)C)c1. The van der Waals surface area contributed by atoms with Gasteiger partial charge >= 0.3 is 0 Å². The number of benzene rings is 1. The van der Waals surface area contributed by atoms with Crippen LogP contribution < -0.4 is 10.1 Å². The summed E-state index contributed by atoms with van der Waals surface area (Å²) in [7, 11) is 3.79. The summed E-state index contributed by atoms with van der Waals surface area (Å²) in [6.45, 7) is 1.90. The van der Waals surface area contributed by atoms with E-state index in [2.05, 4.69) is 10.3 Å². The van der Waals surface area contributed by atoms with Crippen LogP contribution in [0.1, 0.15) is 22.3 Å². The molecule has 1 amide bonds. The fraction of sp³-hybridized carbons (Fsp3) is 0.400. The maximum absolute atomic E-state index is 12.6. The van der Waals surface area contributed by atoms with Crippen molar-refractivity contribution in [2.75, 3.05) is 14.1 Å². The second-order valence-corrected chi connectivity index (χ2v) is 6.98. The van der Waals surface area contributed by atoms with Gasteiger partial charge in [-0.15, -0.1) is 0 Å². The summed E-state index contributed by atoms with van der Waals surface area (Å²) in [4.78, 5) is 18.6. The third-order valence-electron chi connectivity index (χ3n) is 4.71.